The quantitative estimate of drug-likeness (QED) is 0.369. The zero-order valence-corrected chi connectivity index (χ0v) is 16.4. The highest BCUT2D eigenvalue weighted by molar-refractivity contribution is 6.31. The summed E-state index contributed by atoms with van der Waals surface area (Å²) in [4.78, 5) is 36.4. The lowest BCUT2D eigenvalue weighted by Gasteiger charge is -2.22. The molecule has 0 fully saturated rings. The summed E-state index contributed by atoms with van der Waals surface area (Å²) in [6, 6.07) is 12.8. The number of halogens is 1. The van der Waals surface area contributed by atoms with Crippen molar-refractivity contribution in [1.82, 2.24) is 0 Å². The van der Waals surface area contributed by atoms with Crippen LogP contribution in [0.2, 0.25) is 5.02 Å². The predicted molar refractivity (Wildman–Crippen MR) is 107 cm³/mol. The predicted octanol–water partition coefficient (Wildman–Crippen LogP) is 3.59. The lowest BCUT2D eigenvalue weighted by atomic mass is 10.1. The molecule has 0 radical (unpaired) electrons. The molecule has 150 valence electrons. The van der Waals surface area contributed by atoms with Gasteiger partial charge in [0.1, 0.15) is 0 Å². The average Bonchev–Trinajstić information content (AvgIpc) is 2.69. The number of nitro benzene ring substituents is 1. The summed E-state index contributed by atoms with van der Waals surface area (Å²) in [5.74, 6) is -1.28. The molecule has 0 atom stereocenters. The molecule has 29 heavy (non-hydrogen) atoms. The van der Waals surface area contributed by atoms with Gasteiger partial charge in [0.15, 0.2) is 6.61 Å². The first-order valence-electron chi connectivity index (χ1n) is 8.65. The number of esters is 1. The number of para-hydroxylation sites is 1. The number of carbonyl (C=O) groups excluding carboxylic acids is 2. The number of hydrogen-bond donors (Lipinski definition) is 0. The Morgan fingerprint density at radius 2 is 2.00 bits per heavy atom. The van der Waals surface area contributed by atoms with E-state index in [1.807, 2.05) is 6.07 Å². The molecule has 9 heteroatoms. The summed E-state index contributed by atoms with van der Waals surface area (Å²) < 4.78 is 5.02. The van der Waals surface area contributed by atoms with Crippen LogP contribution in [0.3, 0.4) is 0 Å². The van der Waals surface area contributed by atoms with E-state index in [9.17, 15) is 19.7 Å². The van der Waals surface area contributed by atoms with E-state index in [0.717, 1.165) is 5.56 Å². The number of hydrogen-bond acceptors (Lipinski definition) is 6. The van der Waals surface area contributed by atoms with E-state index in [4.69, 9.17) is 21.6 Å². The maximum Gasteiger partial charge on any atom is 0.311 e. The number of carbonyl (C=O) groups is 2. The Balaban J connectivity index is 2.06. The Morgan fingerprint density at radius 3 is 2.66 bits per heavy atom. The van der Waals surface area contributed by atoms with Crippen LogP contribution < -0.4 is 4.90 Å². The fourth-order valence-corrected chi connectivity index (χ4v) is 2.74. The van der Waals surface area contributed by atoms with Gasteiger partial charge in [-0.2, -0.15) is 5.26 Å². The Kier molecular flexibility index (Phi) is 7.69. The summed E-state index contributed by atoms with van der Waals surface area (Å²) in [7, 11) is 0. The second kappa shape index (κ2) is 10.2. The Labute approximate surface area is 172 Å². The fourth-order valence-electron chi connectivity index (χ4n) is 2.62. The maximum absolute atomic E-state index is 12.6. The molecule has 0 heterocycles. The van der Waals surface area contributed by atoms with Crippen LogP contribution in [0.25, 0.3) is 0 Å². The second-order valence-corrected chi connectivity index (χ2v) is 6.52. The zero-order chi connectivity index (χ0) is 21.4. The molecule has 2 rings (SSSR count). The molecule has 2 aromatic rings. The van der Waals surface area contributed by atoms with Gasteiger partial charge in [-0.05, 0) is 30.7 Å². The molecule has 0 N–H and O–H groups in total. The lowest BCUT2D eigenvalue weighted by molar-refractivity contribution is -0.385. The number of aryl methyl sites for hydroxylation is 1. The van der Waals surface area contributed by atoms with Gasteiger partial charge in [0.25, 0.3) is 11.6 Å². The van der Waals surface area contributed by atoms with Crippen LogP contribution in [0, 0.1) is 28.4 Å². The fraction of sp³-hybridized carbons (Fsp3) is 0.250. The van der Waals surface area contributed by atoms with Crippen LogP contribution in [-0.4, -0.2) is 30.0 Å². The molecule has 0 spiro atoms. The van der Waals surface area contributed by atoms with Gasteiger partial charge < -0.3 is 9.64 Å². The van der Waals surface area contributed by atoms with Gasteiger partial charge in [0.2, 0.25) is 0 Å². The number of nitro groups is 1. The minimum absolute atomic E-state index is 0.0948. The van der Waals surface area contributed by atoms with E-state index in [2.05, 4.69) is 0 Å². The molecule has 8 nitrogen and oxygen atoms in total. The number of anilines is 1. The van der Waals surface area contributed by atoms with E-state index in [1.54, 1.807) is 31.2 Å². The summed E-state index contributed by atoms with van der Waals surface area (Å²) in [6.07, 6.45) is -0.236. The highest BCUT2D eigenvalue weighted by atomic mass is 35.5. The van der Waals surface area contributed by atoms with E-state index < -0.39 is 23.4 Å². The second-order valence-electron chi connectivity index (χ2n) is 6.11. The largest absolute Gasteiger partial charge is 0.455 e. The number of nitrogens with zero attached hydrogens (tertiary/aromatic N) is 3. The highest BCUT2D eigenvalue weighted by Crippen LogP contribution is 2.23. The third-order valence-electron chi connectivity index (χ3n) is 4.08. The normalized spacial score (nSPS) is 10.1. The topological polar surface area (TPSA) is 114 Å². The molecule has 2 aromatic carbocycles. The van der Waals surface area contributed by atoms with Crippen molar-refractivity contribution in [2.75, 3.05) is 18.1 Å². The highest BCUT2D eigenvalue weighted by Gasteiger charge is 2.20. The van der Waals surface area contributed by atoms with Crippen LogP contribution in [0.5, 0.6) is 0 Å². The molecule has 0 aliphatic rings. The van der Waals surface area contributed by atoms with Gasteiger partial charge in [-0.3, -0.25) is 19.7 Å². The smallest absolute Gasteiger partial charge is 0.311 e. The van der Waals surface area contributed by atoms with Crippen molar-refractivity contribution >= 4 is 34.9 Å². The Morgan fingerprint density at radius 1 is 1.28 bits per heavy atom. The maximum atomic E-state index is 12.6. The number of nitriles is 1. The van der Waals surface area contributed by atoms with Crippen molar-refractivity contribution < 1.29 is 19.2 Å². The molecule has 0 saturated carbocycles. The van der Waals surface area contributed by atoms with Gasteiger partial charge in [-0.25, -0.2) is 0 Å². The molecule has 0 bridgehead atoms. The lowest BCUT2D eigenvalue weighted by Crippen LogP contribution is -2.35. The van der Waals surface area contributed by atoms with Crippen LogP contribution in [-0.2, 0) is 20.7 Å². The monoisotopic (exact) mass is 415 g/mol. The summed E-state index contributed by atoms with van der Waals surface area (Å²) in [5.41, 5.74) is 1.29. The van der Waals surface area contributed by atoms with Gasteiger partial charge in [0, 0.05) is 28.9 Å². The Bertz CT molecular complexity index is 971. The molecule has 0 aromatic heterocycles. The zero-order valence-electron chi connectivity index (χ0n) is 15.6. The first kappa shape index (κ1) is 21.9. The van der Waals surface area contributed by atoms with E-state index >= 15 is 0 Å². The van der Waals surface area contributed by atoms with Crippen molar-refractivity contribution in [2.24, 2.45) is 0 Å². The van der Waals surface area contributed by atoms with Crippen LogP contribution in [0.4, 0.5) is 11.4 Å². The molecular formula is C20H18ClN3O5. The van der Waals surface area contributed by atoms with Crippen LogP contribution in [0.15, 0.2) is 42.5 Å². The number of benzene rings is 2. The molecule has 0 aliphatic heterocycles. The van der Waals surface area contributed by atoms with Crippen molar-refractivity contribution in [3.63, 3.8) is 0 Å². The molecular weight excluding hydrogens is 398 g/mol. The van der Waals surface area contributed by atoms with Crippen LogP contribution in [0.1, 0.15) is 17.5 Å². The van der Waals surface area contributed by atoms with Crippen molar-refractivity contribution in [3.05, 3.63) is 68.7 Å². The van der Waals surface area contributed by atoms with Gasteiger partial charge in [-0.1, -0.05) is 29.8 Å². The van der Waals surface area contributed by atoms with E-state index in [0.29, 0.717) is 10.7 Å². The molecule has 0 saturated heterocycles. The average molecular weight is 416 g/mol. The van der Waals surface area contributed by atoms with Gasteiger partial charge in [0.05, 0.1) is 23.8 Å². The third kappa shape index (κ3) is 6.02. The van der Waals surface area contributed by atoms with Gasteiger partial charge >= 0.3 is 5.97 Å². The molecule has 0 unspecified atom stereocenters. The minimum atomic E-state index is -0.764. The number of amides is 1. The minimum Gasteiger partial charge on any atom is -0.455 e. The first-order chi connectivity index (χ1) is 13.8. The van der Waals surface area contributed by atoms with Crippen molar-refractivity contribution in [3.8, 4) is 6.07 Å². The number of rotatable bonds is 8. The standard InChI is InChI=1S/C20H18ClN3O5/c1-14-11-16(7-8-17(14)21)23(10-4-9-22)19(25)13-29-20(26)12-15-5-2-3-6-18(15)24(27)28/h2-3,5-8,11H,4,10,12-13H2,1H3. The summed E-state index contributed by atoms with van der Waals surface area (Å²) in [6.45, 7) is 1.36. The van der Waals surface area contributed by atoms with Crippen molar-refractivity contribution in [2.45, 2.75) is 19.8 Å². The number of ether oxygens (including phenoxy) is 1. The van der Waals surface area contributed by atoms with Crippen LogP contribution >= 0.6 is 11.6 Å². The SMILES string of the molecule is Cc1cc(N(CCC#N)C(=O)COC(=O)Cc2ccccc2[N+](=O)[O-])ccc1Cl. The third-order valence-corrected chi connectivity index (χ3v) is 4.51. The Hall–Kier alpha value is -3.44. The van der Waals surface area contributed by atoms with E-state index in [1.165, 1.54) is 23.1 Å². The molecule has 1 amide bonds. The van der Waals surface area contributed by atoms with E-state index in [-0.39, 0.29) is 30.6 Å². The summed E-state index contributed by atoms with van der Waals surface area (Å²) in [5, 5.41) is 20.4. The summed E-state index contributed by atoms with van der Waals surface area (Å²) >= 11 is 6.01. The molecule has 0 aliphatic carbocycles. The first-order valence-corrected chi connectivity index (χ1v) is 9.02. The van der Waals surface area contributed by atoms with Gasteiger partial charge in [-0.15, -0.1) is 0 Å². The van der Waals surface area contributed by atoms with Crippen molar-refractivity contribution in [1.29, 1.82) is 5.26 Å².